The Morgan fingerprint density at radius 3 is 2.83 bits per heavy atom. The summed E-state index contributed by atoms with van der Waals surface area (Å²) < 4.78 is 13.6. The Kier molecular flexibility index (Phi) is 3.93. The van der Waals surface area contributed by atoms with E-state index in [1.807, 2.05) is 0 Å². The summed E-state index contributed by atoms with van der Waals surface area (Å²) in [7, 11) is 0. The number of halogens is 3. The number of anilines is 1. The van der Waals surface area contributed by atoms with Gasteiger partial charge in [-0.05, 0) is 46.3 Å². The summed E-state index contributed by atoms with van der Waals surface area (Å²) in [6, 6.07) is 7.37. The predicted octanol–water partition coefficient (Wildman–Crippen LogP) is 3.89. The van der Waals surface area contributed by atoms with Crippen LogP contribution in [0.4, 0.5) is 10.1 Å². The van der Waals surface area contributed by atoms with Crippen molar-refractivity contribution in [1.82, 2.24) is 4.98 Å². The summed E-state index contributed by atoms with van der Waals surface area (Å²) in [4.78, 5) is 15.7. The number of pyridine rings is 1. The first-order valence-corrected chi connectivity index (χ1v) is 6.12. The topological polar surface area (TPSA) is 42.0 Å². The Balaban J connectivity index is 2.22. The third kappa shape index (κ3) is 2.86. The van der Waals surface area contributed by atoms with Crippen molar-refractivity contribution >= 4 is 39.1 Å². The number of aromatic nitrogens is 1. The molecule has 0 atom stereocenters. The average Bonchev–Trinajstić information content (AvgIpc) is 2.35. The van der Waals surface area contributed by atoms with E-state index < -0.39 is 11.7 Å². The van der Waals surface area contributed by atoms with E-state index in [9.17, 15) is 9.18 Å². The van der Waals surface area contributed by atoms with Gasteiger partial charge in [0.25, 0.3) is 5.91 Å². The fraction of sp³-hybridized carbons (Fsp3) is 0. The maximum absolute atomic E-state index is 13.3. The molecular formula is C12H7BrClFN2O. The fourth-order valence-corrected chi connectivity index (χ4v) is 1.72. The molecule has 6 heteroatoms. The lowest BCUT2D eigenvalue weighted by atomic mass is 10.2. The maximum Gasteiger partial charge on any atom is 0.255 e. The van der Waals surface area contributed by atoms with Crippen molar-refractivity contribution in [1.29, 1.82) is 0 Å². The van der Waals surface area contributed by atoms with Crippen molar-refractivity contribution in [3.63, 3.8) is 0 Å². The highest BCUT2D eigenvalue weighted by atomic mass is 79.9. The normalized spacial score (nSPS) is 10.2. The third-order valence-corrected chi connectivity index (χ3v) is 3.13. The molecule has 0 aliphatic rings. The van der Waals surface area contributed by atoms with E-state index in [4.69, 9.17) is 11.6 Å². The van der Waals surface area contributed by atoms with Gasteiger partial charge >= 0.3 is 0 Å². The minimum absolute atomic E-state index is 0.184. The van der Waals surface area contributed by atoms with Gasteiger partial charge in [-0.25, -0.2) is 9.37 Å². The van der Waals surface area contributed by atoms with Crippen molar-refractivity contribution in [2.75, 3.05) is 5.32 Å². The Hall–Kier alpha value is -1.46. The molecule has 1 amide bonds. The zero-order valence-electron chi connectivity index (χ0n) is 8.95. The molecule has 0 radical (unpaired) electrons. The molecule has 0 aliphatic carbocycles. The number of rotatable bonds is 2. The fourth-order valence-electron chi connectivity index (χ4n) is 1.31. The van der Waals surface area contributed by atoms with Gasteiger partial charge in [0.1, 0.15) is 5.82 Å². The van der Waals surface area contributed by atoms with Crippen LogP contribution in [0.1, 0.15) is 10.4 Å². The highest BCUT2D eigenvalue weighted by molar-refractivity contribution is 9.10. The molecule has 0 unspecified atom stereocenters. The van der Waals surface area contributed by atoms with E-state index in [1.165, 1.54) is 18.3 Å². The van der Waals surface area contributed by atoms with Crippen LogP contribution in [-0.4, -0.2) is 10.9 Å². The van der Waals surface area contributed by atoms with Gasteiger partial charge in [0.05, 0.1) is 10.2 Å². The van der Waals surface area contributed by atoms with Crippen molar-refractivity contribution in [2.45, 2.75) is 0 Å². The van der Waals surface area contributed by atoms with Gasteiger partial charge in [-0.2, -0.15) is 0 Å². The number of nitrogens with one attached hydrogen (secondary N) is 1. The minimum atomic E-state index is -0.500. The summed E-state index contributed by atoms with van der Waals surface area (Å²) in [6.45, 7) is 0. The molecule has 0 bridgehead atoms. The quantitative estimate of drug-likeness (QED) is 0.849. The van der Waals surface area contributed by atoms with Gasteiger partial charge in [0.2, 0.25) is 0 Å². The van der Waals surface area contributed by atoms with Gasteiger partial charge in [0, 0.05) is 11.8 Å². The lowest BCUT2D eigenvalue weighted by molar-refractivity contribution is 0.102. The van der Waals surface area contributed by atoms with E-state index in [1.54, 1.807) is 12.1 Å². The third-order valence-electron chi connectivity index (χ3n) is 2.19. The lowest BCUT2D eigenvalue weighted by Crippen LogP contribution is -2.12. The summed E-state index contributed by atoms with van der Waals surface area (Å²) >= 11 is 8.82. The Morgan fingerprint density at radius 1 is 1.39 bits per heavy atom. The van der Waals surface area contributed by atoms with Crippen LogP contribution in [0.5, 0.6) is 0 Å². The predicted molar refractivity (Wildman–Crippen MR) is 71.3 cm³/mol. The summed E-state index contributed by atoms with van der Waals surface area (Å²) in [6.07, 6.45) is 1.51. The standard InChI is InChI=1S/C12H7BrClFN2O/c13-8-4-3-7(6-9(8)15)12(18)17-10-2-1-5-16-11(10)14/h1-6H,(H,17,18). The number of amides is 1. The Morgan fingerprint density at radius 2 is 2.17 bits per heavy atom. The van der Waals surface area contributed by atoms with Crippen LogP contribution in [0, 0.1) is 5.82 Å². The van der Waals surface area contributed by atoms with Gasteiger partial charge in [-0.3, -0.25) is 4.79 Å². The molecule has 3 nitrogen and oxygen atoms in total. The van der Waals surface area contributed by atoms with Crippen LogP contribution in [0.2, 0.25) is 5.15 Å². The molecule has 18 heavy (non-hydrogen) atoms. The first kappa shape index (κ1) is 13.0. The molecule has 2 rings (SSSR count). The van der Waals surface area contributed by atoms with Crippen LogP contribution < -0.4 is 5.32 Å². The van der Waals surface area contributed by atoms with Crippen molar-refractivity contribution in [3.05, 3.63) is 57.5 Å². The molecule has 0 aliphatic heterocycles. The van der Waals surface area contributed by atoms with Gasteiger partial charge in [0.15, 0.2) is 5.15 Å². The molecule has 0 saturated heterocycles. The number of benzene rings is 1. The van der Waals surface area contributed by atoms with Crippen LogP contribution in [-0.2, 0) is 0 Å². The SMILES string of the molecule is O=C(Nc1cccnc1Cl)c1ccc(Br)c(F)c1. The zero-order valence-corrected chi connectivity index (χ0v) is 11.3. The largest absolute Gasteiger partial charge is 0.319 e. The summed E-state index contributed by atoms with van der Waals surface area (Å²) in [5, 5.41) is 2.74. The molecular weight excluding hydrogens is 322 g/mol. The van der Waals surface area contributed by atoms with E-state index >= 15 is 0 Å². The highest BCUT2D eigenvalue weighted by Crippen LogP contribution is 2.20. The van der Waals surface area contributed by atoms with Crippen LogP contribution in [0.15, 0.2) is 41.0 Å². The number of hydrogen-bond donors (Lipinski definition) is 1. The first-order valence-electron chi connectivity index (χ1n) is 4.95. The second-order valence-electron chi connectivity index (χ2n) is 3.42. The number of carbonyl (C=O) groups is 1. The zero-order chi connectivity index (χ0) is 13.1. The van der Waals surface area contributed by atoms with Crippen molar-refractivity contribution in [3.8, 4) is 0 Å². The number of carbonyl (C=O) groups excluding carboxylic acids is 1. The minimum Gasteiger partial charge on any atom is -0.319 e. The first-order chi connectivity index (χ1) is 8.58. The average molecular weight is 330 g/mol. The van der Waals surface area contributed by atoms with E-state index in [2.05, 4.69) is 26.2 Å². The van der Waals surface area contributed by atoms with Gasteiger partial charge < -0.3 is 5.32 Å². The second kappa shape index (κ2) is 5.46. The monoisotopic (exact) mass is 328 g/mol. The molecule has 0 spiro atoms. The summed E-state index contributed by atoms with van der Waals surface area (Å²) in [5.41, 5.74) is 0.586. The maximum atomic E-state index is 13.3. The van der Waals surface area contributed by atoms with Crippen molar-refractivity contribution < 1.29 is 9.18 Å². The van der Waals surface area contributed by atoms with Gasteiger partial charge in [-0.1, -0.05) is 11.6 Å². The molecule has 2 aromatic rings. The smallest absolute Gasteiger partial charge is 0.255 e. The van der Waals surface area contributed by atoms with E-state index in [-0.39, 0.29) is 10.7 Å². The second-order valence-corrected chi connectivity index (χ2v) is 4.64. The molecule has 1 aromatic carbocycles. The van der Waals surface area contributed by atoms with Crippen LogP contribution in [0.3, 0.4) is 0 Å². The van der Waals surface area contributed by atoms with Gasteiger partial charge in [-0.15, -0.1) is 0 Å². The molecule has 92 valence electrons. The van der Waals surface area contributed by atoms with E-state index in [0.717, 1.165) is 6.07 Å². The molecule has 1 N–H and O–H groups in total. The van der Waals surface area contributed by atoms with Crippen LogP contribution >= 0.6 is 27.5 Å². The number of hydrogen-bond acceptors (Lipinski definition) is 2. The molecule has 1 heterocycles. The highest BCUT2D eigenvalue weighted by Gasteiger charge is 2.10. The van der Waals surface area contributed by atoms with Crippen molar-refractivity contribution in [2.24, 2.45) is 0 Å². The Labute approximate surface area is 116 Å². The van der Waals surface area contributed by atoms with E-state index in [0.29, 0.717) is 10.2 Å². The Bertz CT molecular complexity index is 606. The molecule has 1 aromatic heterocycles. The number of nitrogens with zero attached hydrogens (tertiary/aromatic N) is 1. The summed E-state index contributed by atoms with van der Waals surface area (Å²) in [5.74, 6) is -0.948. The van der Waals surface area contributed by atoms with Crippen LogP contribution in [0.25, 0.3) is 0 Å². The molecule has 0 fully saturated rings. The lowest BCUT2D eigenvalue weighted by Gasteiger charge is -2.06. The molecule has 0 saturated carbocycles.